The van der Waals surface area contributed by atoms with Crippen LogP contribution in [0.5, 0.6) is 0 Å². The van der Waals surface area contributed by atoms with Crippen LogP contribution in [0.4, 0.5) is 4.39 Å². The van der Waals surface area contributed by atoms with Gasteiger partial charge >= 0.3 is 0 Å². The summed E-state index contributed by atoms with van der Waals surface area (Å²) in [6.45, 7) is 6.28. The fraction of sp³-hybridized carbons (Fsp3) is 0.318. The van der Waals surface area contributed by atoms with Gasteiger partial charge in [-0.15, -0.1) is 10.2 Å². The van der Waals surface area contributed by atoms with Gasteiger partial charge in [-0.05, 0) is 47.7 Å². The molecule has 0 spiro atoms. The summed E-state index contributed by atoms with van der Waals surface area (Å²) in [5.41, 5.74) is 2.99. The van der Waals surface area contributed by atoms with Gasteiger partial charge in [-0.25, -0.2) is 4.39 Å². The van der Waals surface area contributed by atoms with E-state index in [2.05, 4.69) is 60.6 Å². The summed E-state index contributed by atoms with van der Waals surface area (Å²) >= 11 is 1.18. The van der Waals surface area contributed by atoms with Crippen molar-refractivity contribution >= 4 is 17.7 Å². The van der Waals surface area contributed by atoms with Gasteiger partial charge in [0.15, 0.2) is 0 Å². The average Bonchev–Trinajstić information content (AvgIpc) is 3.20. The first-order valence-corrected chi connectivity index (χ1v) is 10.5. The quantitative estimate of drug-likeness (QED) is 0.524. The van der Waals surface area contributed by atoms with E-state index in [1.54, 1.807) is 12.1 Å². The molecule has 152 valence electrons. The van der Waals surface area contributed by atoms with Crippen LogP contribution in [0, 0.1) is 11.7 Å². The molecule has 1 aromatic heterocycles. The van der Waals surface area contributed by atoms with Crippen molar-refractivity contribution in [2.24, 2.45) is 5.92 Å². The first-order chi connectivity index (χ1) is 14.0. The van der Waals surface area contributed by atoms with Gasteiger partial charge in [-0.3, -0.25) is 4.79 Å². The van der Waals surface area contributed by atoms with Gasteiger partial charge in [-0.2, -0.15) is 0 Å². The summed E-state index contributed by atoms with van der Waals surface area (Å²) in [7, 11) is 0. The van der Waals surface area contributed by atoms with E-state index in [9.17, 15) is 9.18 Å². The molecule has 0 fully saturated rings. The van der Waals surface area contributed by atoms with Crippen LogP contribution in [0.15, 0.2) is 58.2 Å². The van der Waals surface area contributed by atoms with Crippen molar-refractivity contribution in [2.45, 2.75) is 38.5 Å². The molecule has 1 atom stereocenters. The number of nitrogens with zero attached hydrogens (tertiary/aromatic N) is 2. The lowest BCUT2D eigenvalue weighted by Crippen LogP contribution is -2.33. The molecule has 1 heterocycles. The zero-order valence-electron chi connectivity index (χ0n) is 16.7. The summed E-state index contributed by atoms with van der Waals surface area (Å²) in [4.78, 5) is 12.5. The third-order valence-electron chi connectivity index (χ3n) is 4.55. The molecule has 2 aromatic carbocycles. The van der Waals surface area contributed by atoms with E-state index in [0.717, 1.165) is 12.0 Å². The molecular weight excluding hydrogens is 389 g/mol. The lowest BCUT2D eigenvalue weighted by atomic mass is 9.95. The Bertz CT molecular complexity index is 939. The van der Waals surface area contributed by atoms with Gasteiger partial charge in [-0.1, -0.05) is 56.8 Å². The third-order valence-corrected chi connectivity index (χ3v) is 5.37. The van der Waals surface area contributed by atoms with Crippen molar-refractivity contribution < 1.29 is 13.6 Å². The van der Waals surface area contributed by atoms with Crippen molar-refractivity contribution in [3.63, 3.8) is 0 Å². The van der Waals surface area contributed by atoms with Crippen LogP contribution >= 0.6 is 11.8 Å². The number of aromatic nitrogens is 2. The molecule has 0 saturated carbocycles. The van der Waals surface area contributed by atoms with E-state index < -0.39 is 0 Å². The average molecular weight is 414 g/mol. The highest BCUT2D eigenvalue weighted by molar-refractivity contribution is 7.99. The minimum absolute atomic E-state index is 0.0635. The van der Waals surface area contributed by atoms with Crippen molar-refractivity contribution in [1.82, 2.24) is 15.5 Å². The Morgan fingerprint density at radius 1 is 1.10 bits per heavy atom. The summed E-state index contributed by atoms with van der Waals surface area (Å²) in [6.07, 6.45) is 0.986. The Labute approximate surface area is 174 Å². The maximum Gasteiger partial charge on any atom is 0.277 e. The zero-order valence-corrected chi connectivity index (χ0v) is 17.5. The van der Waals surface area contributed by atoms with Crippen molar-refractivity contribution in [2.75, 3.05) is 5.75 Å². The van der Waals surface area contributed by atoms with Crippen LogP contribution in [-0.4, -0.2) is 21.9 Å². The largest absolute Gasteiger partial charge is 0.411 e. The molecular formula is C22H24FN3O2S. The summed E-state index contributed by atoms with van der Waals surface area (Å²) < 4.78 is 18.6. The number of aryl methyl sites for hydroxylation is 1. The van der Waals surface area contributed by atoms with E-state index in [1.807, 2.05) is 0 Å². The molecule has 0 aliphatic rings. The van der Waals surface area contributed by atoms with Crippen LogP contribution in [0.2, 0.25) is 0 Å². The molecule has 0 unspecified atom stereocenters. The number of carbonyl (C=O) groups excluding carboxylic acids is 1. The maximum atomic E-state index is 13.0. The van der Waals surface area contributed by atoms with Crippen LogP contribution in [0.1, 0.15) is 37.9 Å². The van der Waals surface area contributed by atoms with Crippen molar-refractivity contribution in [3.05, 3.63) is 65.5 Å². The predicted molar refractivity (Wildman–Crippen MR) is 112 cm³/mol. The Hall–Kier alpha value is -2.67. The first kappa shape index (κ1) is 21.0. The lowest BCUT2D eigenvalue weighted by molar-refractivity contribution is -0.119. The highest BCUT2D eigenvalue weighted by Gasteiger charge is 2.19. The lowest BCUT2D eigenvalue weighted by Gasteiger charge is -2.23. The van der Waals surface area contributed by atoms with Gasteiger partial charge < -0.3 is 9.73 Å². The molecule has 0 radical (unpaired) electrons. The van der Waals surface area contributed by atoms with E-state index in [0.29, 0.717) is 16.7 Å². The number of amides is 1. The second kappa shape index (κ2) is 9.69. The second-order valence-corrected chi connectivity index (χ2v) is 7.98. The monoisotopic (exact) mass is 413 g/mol. The molecule has 3 rings (SSSR count). The summed E-state index contributed by atoms with van der Waals surface area (Å²) in [5, 5.41) is 11.3. The normalized spacial score (nSPS) is 12.2. The molecule has 0 bridgehead atoms. The Morgan fingerprint density at radius 3 is 2.41 bits per heavy atom. The van der Waals surface area contributed by atoms with Crippen LogP contribution in [0.25, 0.3) is 11.5 Å². The summed E-state index contributed by atoms with van der Waals surface area (Å²) in [6, 6.07) is 14.1. The van der Waals surface area contributed by atoms with Crippen molar-refractivity contribution in [1.29, 1.82) is 0 Å². The standard InChI is InChI=1S/C22H24FN3O2S/c1-4-15-5-7-16(8-6-15)20(14(2)3)24-19(27)13-29-22-26-25-21(28-22)17-9-11-18(23)12-10-17/h5-12,14,20H,4,13H2,1-3H3,(H,24,27)/t20-/m0/s1. The zero-order chi connectivity index (χ0) is 20.8. The topological polar surface area (TPSA) is 68.0 Å². The molecule has 0 aliphatic heterocycles. The van der Waals surface area contributed by atoms with E-state index in [-0.39, 0.29) is 29.4 Å². The molecule has 1 amide bonds. The van der Waals surface area contributed by atoms with Crippen LogP contribution < -0.4 is 5.32 Å². The molecule has 0 saturated heterocycles. The third kappa shape index (κ3) is 5.67. The number of thioether (sulfide) groups is 1. The minimum Gasteiger partial charge on any atom is -0.411 e. The number of rotatable bonds is 8. The fourth-order valence-corrected chi connectivity index (χ4v) is 3.49. The van der Waals surface area contributed by atoms with Gasteiger partial charge in [0.05, 0.1) is 11.8 Å². The van der Waals surface area contributed by atoms with Crippen LogP contribution in [-0.2, 0) is 11.2 Å². The highest BCUT2D eigenvalue weighted by atomic mass is 32.2. The Kier molecular flexibility index (Phi) is 7.04. The molecule has 3 aromatic rings. The number of hydrogen-bond donors (Lipinski definition) is 1. The smallest absolute Gasteiger partial charge is 0.277 e. The number of carbonyl (C=O) groups is 1. The summed E-state index contributed by atoms with van der Waals surface area (Å²) in [5.74, 6) is 0.286. The number of halogens is 1. The van der Waals surface area contributed by atoms with Gasteiger partial charge in [0.1, 0.15) is 5.82 Å². The second-order valence-electron chi connectivity index (χ2n) is 7.05. The predicted octanol–water partition coefficient (Wildman–Crippen LogP) is 5.04. The van der Waals surface area contributed by atoms with Gasteiger partial charge in [0.2, 0.25) is 11.8 Å². The van der Waals surface area contributed by atoms with E-state index >= 15 is 0 Å². The van der Waals surface area contributed by atoms with Gasteiger partial charge in [0, 0.05) is 5.56 Å². The van der Waals surface area contributed by atoms with Gasteiger partial charge in [0.25, 0.3) is 5.22 Å². The van der Waals surface area contributed by atoms with E-state index in [4.69, 9.17) is 4.42 Å². The molecule has 7 heteroatoms. The minimum atomic E-state index is -0.330. The first-order valence-electron chi connectivity index (χ1n) is 9.56. The highest BCUT2D eigenvalue weighted by Crippen LogP contribution is 2.25. The number of benzene rings is 2. The van der Waals surface area contributed by atoms with Crippen molar-refractivity contribution in [3.8, 4) is 11.5 Å². The number of hydrogen-bond acceptors (Lipinski definition) is 5. The Balaban J connectivity index is 1.58. The molecule has 0 aliphatic carbocycles. The number of nitrogens with one attached hydrogen (secondary N) is 1. The maximum absolute atomic E-state index is 13.0. The van der Waals surface area contributed by atoms with E-state index in [1.165, 1.54) is 29.5 Å². The molecule has 29 heavy (non-hydrogen) atoms. The molecule has 1 N–H and O–H groups in total. The van der Waals surface area contributed by atoms with Crippen LogP contribution in [0.3, 0.4) is 0 Å². The fourth-order valence-electron chi connectivity index (χ4n) is 2.92. The molecule has 5 nitrogen and oxygen atoms in total. The Morgan fingerprint density at radius 2 is 1.79 bits per heavy atom. The SMILES string of the molecule is CCc1ccc([C@@H](NC(=O)CSc2nnc(-c3ccc(F)cc3)o2)C(C)C)cc1.